The van der Waals surface area contributed by atoms with Crippen LogP contribution in [0.25, 0.3) is 0 Å². The Balaban J connectivity index is 2.88. The van der Waals surface area contributed by atoms with Gasteiger partial charge in [-0.2, -0.15) is 0 Å². The normalized spacial score (nSPS) is 12.0. The van der Waals surface area contributed by atoms with Crippen LogP contribution >= 0.6 is 0 Å². The number of carbonyl (C=O) groups is 2. The number of hydrogen-bond donors (Lipinski definition) is 1. The molecule has 0 saturated heterocycles. The molecule has 0 aliphatic carbocycles. The van der Waals surface area contributed by atoms with Gasteiger partial charge in [0.25, 0.3) is 0 Å². The number of rotatable bonds is 4. The van der Waals surface area contributed by atoms with Crippen molar-refractivity contribution in [1.29, 1.82) is 0 Å². The van der Waals surface area contributed by atoms with E-state index in [0.29, 0.717) is 6.54 Å². The number of hydrogen-bond acceptors (Lipinski definition) is 2. The van der Waals surface area contributed by atoms with Crippen LogP contribution in [0.5, 0.6) is 0 Å². The van der Waals surface area contributed by atoms with Gasteiger partial charge in [-0.05, 0) is 57.2 Å². The highest BCUT2D eigenvalue weighted by Gasteiger charge is 2.31. The summed E-state index contributed by atoms with van der Waals surface area (Å²) < 4.78 is 0. The van der Waals surface area contributed by atoms with Crippen LogP contribution in [0.2, 0.25) is 0 Å². The molecule has 0 bridgehead atoms. The fraction of sp³-hybridized carbons (Fsp3) is 0.579. The third kappa shape index (κ3) is 6.05. The van der Waals surface area contributed by atoms with Gasteiger partial charge in [0.1, 0.15) is 0 Å². The van der Waals surface area contributed by atoms with E-state index in [4.69, 9.17) is 0 Å². The summed E-state index contributed by atoms with van der Waals surface area (Å²) in [5, 5.41) is 2.88. The van der Waals surface area contributed by atoms with E-state index < -0.39 is 17.4 Å². The molecule has 1 aromatic rings. The lowest BCUT2D eigenvalue weighted by Crippen LogP contribution is -2.52. The van der Waals surface area contributed by atoms with Crippen molar-refractivity contribution in [3.05, 3.63) is 29.8 Å². The second-order valence-corrected chi connectivity index (χ2v) is 7.96. The molecule has 0 saturated carbocycles. The lowest BCUT2D eigenvalue weighted by atomic mass is 9.82. The van der Waals surface area contributed by atoms with Gasteiger partial charge in [0.2, 0.25) is 0 Å². The zero-order valence-corrected chi connectivity index (χ0v) is 15.5. The lowest BCUT2D eigenvalue weighted by molar-refractivity contribution is -0.138. The number of aryl methyl sites for hydroxylation is 1. The van der Waals surface area contributed by atoms with Gasteiger partial charge in [0.05, 0.1) is 0 Å². The van der Waals surface area contributed by atoms with Crippen LogP contribution in [0.4, 0.5) is 5.69 Å². The van der Waals surface area contributed by atoms with Gasteiger partial charge < -0.3 is 10.2 Å². The Kier molecular flexibility index (Phi) is 5.98. The monoisotopic (exact) mass is 318 g/mol. The number of likely N-dealkylation sites (N-methyl/N-ethyl adjacent to an activating group) is 1. The highest BCUT2D eigenvalue weighted by Crippen LogP contribution is 2.27. The summed E-state index contributed by atoms with van der Waals surface area (Å²) in [4.78, 5) is 26.5. The van der Waals surface area contributed by atoms with Crippen LogP contribution in [0, 0.1) is 12.3 Å². The van der Waals surface area contributed by atoms with Gasteiger partial charge in [-0.3, -0.25) is 9.59 Å². The minimum absolute atomic E-state index is 0.0703. The van der Waals surface area contributed by atoms with E-state index in [-0.39, 0.29) is 5.41 Å². The topological polar surface area (TPSA) is 49.4 Å². The van der Waals surface area contributed by atoms with Gasteiger partial charge in [0.15, 0.2) is 0 Å². The Labute approximate surface area is 140 Å². The highest BCUT2D eigenvalue weighted by atomic mass is 16.2. The molecule has 0 aliphatic heterocycles. The average molecular weight is 318 g/mol. The first kappa shape index (κ1) is 19.2. The molecule has 0 aromatic heterocycles. The molecule has 1 N–H and O–H groups in total. The number of nitrogens with zero attached hydrogens (tertiary/aromatic N) is 1. The van der Waals surface area contributed by atoms with Crippen molar-refractivity contribution in [2.45, 2.75) is 60.4 Å². The van der Waals surface area contributed by atoms with E-state index >= 15 is 0 Å². The Hall–Kier alpha value is -1.84. The smallest absolute Gasteiger partial charge is 0.316 e. The molecule has 0 heterocycles. The van der Waals surface area contributed by atoms with Gasteiger partial charge in [-0.25, -0.2) is 0 Å². The first-order chi connectivity index (χ1) is 10.4. The highest BCUT2D eigenvalue weighted by molar-refractivity contribution is 6.40. The maximum absolute atomic E-state index is 12.5. The Morgan fingerprint density at radius 1 is 1.13 bits per heavy atom. The summed E-state index contributed by atoms with van der Waals surface area (Å²) >= 11 is 0. The first-order valence-electron chi connectivity index (χ1n) is 8.16. The SMILES string of the molecule is CCN(C(=O)C(=O)NC(C)(C)CC(C)(C)C)c1cccc(C)c1. The van der Waals surface area contributed by atoms with Crippen LogP contribution in [0.3, 0.4) is 0 Å². The molecule has 1 rings (SSSR count). The molecular formula is C19H30N2O2. The summed E-state index contributed by atoms with van der Waals surface area (Å²) in [6.07, 6.45) is 0.787. The van der Waals surface area contributed by atoms with Crippen LogP contribution in [-0.2, 0) is 9.59 Å². The molecule has 0 atom stereocenters. The van der Waals surface area contributed by atoms with E-state index in [1.54, 1.807) is 0 Å². The second kappa shape index (κ2) is 7.16. The fourth-order valence-corrected chi connectivity index (χ4v) is 3.09. The van der Waals surface area contributed by atoms with E-state index in [0.717, 1.165) is 17.7 Å². The summed E-state index contributed by atoms with van der Waals surface area (Å²) in [5.41, 5.74) is 1.45. The van der Waals surface area contributed by atoms with E-state index in [1.807, 2.05) is 52.0 Å². The molecular weight excluding hydrogens is 288 g/mol. The summed E-state index contributed by atoms with van der Waals surface area (Å²) in [6, 6.07) is 7.62. The number of amides is 2. The van der Waals surface area contributed by atoms with Crippen molar-refractivity contribution >= 4 is 17.5 Å². The number of benzene rings is 1. The van der Waals surface area contributed by atoms with Crippen molar-refractivity contribution < 1.29 is 9.59 Å². The average Bonchev–Trinajstić information content (AvgIpc) is 2.35. The number of carbonyl (C=O) groups excluding carboxylic acids is 2. The zero-order chi connectivity index (χ0) is 17.8. The van der Waals surface area contributed by atoms with Gasteiger partial charge in [-0.15, -0.1) is 0 Å². The molecule has 0 unspecified atom stereocenters. The second-order valence-electron chi connectivity index (χ2n) is 7.96. The van der Waals surface area contributed by atoms with Gasteiger partial charge in [-0.1, -0.05) is 32.9 Å². The van der Waals surface area contributed by atoms with Crippen LogP contribution in [0.1, 0.15) is 53.5 Å². The van der Waals surface area contributed by atoms with E-state index in [9.17, 15) is 9.59 Å². The Morgan fingerprint density at radius 2 is 1.74 bits per heavy atom. The Bertz CT molecular complexity index is 571. The largest absolute Gasteiger partial charge is 0.343 e. The number of nitrogens with one attached hydrogen (secondary N) is 1. The van der Waals surface area contributed by atoms with E-state index in [1.165, 1.54) is 4.90 Å². The molecule has 0 spiro atoms. The standard InChI is InChI=1S/C19H30N2O2/c1-8-21(15-11-9-10-14(2)12-15)17(23)16(22)20-19(6,7)13-18(3,4)5/h9-12H,8,13H2,1-7H3,(H,20,22). The van der Waals surface area contributed by atoms with Gasteiger partial charge >= 0.3 is 11.8 Å². The molecule has 2 amide bonds. The molecule has 0 radical (unpaired) electrons. The van der Waals surface area contributed by atoms with Gasteiger partial charge in [0, 0.05) is 17.8 Å². The summed E-state index contributed by atoms with van der Waals surface area (Å²) in [7, 11) is 0. The maximum Gasteiger partial charge on any atom is 0.316 e. The van der Waals surface area contributed by atoms with Crippen LogP contribution < -0.4 is 10.2 Å². The van der Waals surface area contributed by atoms with Crippen molar-refractivity contribution in [1.82, 2.24) is 5.32 Å². The maximum atomic E-state index is 12.5. The summed E-state index contributed by atoms with van der Waals surface area (Å²) in [5.74, 6) is -1.07. The minimum atomic E-state index is -0.553. The molecule has 128 valence electrons. The molecule has 1 aromatic carbocycles. The zero-order valence-electron chi connectivity index (χ0n) is 15.5. The van der Waals surface area contributed by atoms with Crippen molar-refractivity contribution in [3.8, 4) is 0 Å². The molecule has 0 fully saturated rings. The quantitative estimate of drug-likeness (QED) is 0.861. The van der Waals surface area contributed by atoms with Crippen LogP contribution in [0.15, 0.2) is 24.3 Å². The molecule has 4 heteroatoms. The lowest BCUT2D eigenvalue weighted by Gasteiger charge is -2.33. The third-order valence-electron chi connectivity index (χ3n) is 3.49. The molecule has 0 aliphatic rings. The fourth-order valence-electron chi connectivity index (χ4n) is 3.09. The van der Waals surface area contributed by atoms with Crippen molar-refractivity contribution in [3.63, 3.8) is 0 Å². The minimum Gasteiger partial charge on any atom is -0.343 e. The van der Waals surface area contributed by atoms with Crippen molar-refractivity contribution in [2.75, 3.05) is 11.4 Å². The Morgan fingerprint density at radius 3 is 2.22 bits per heavy atom. The number of anilines is 1. The predicted molar refractivity (Wildman–Crippen MR) is 95.5 cm³/mol. The third-order valence-corrected chi connectivity index (χ3v) is 3.49. The van der Waals surface area contributed by atoms with Crippen molar-refractivity contribution in [2.24, 2.45) is 5.41 Å². The molecule has 4 nitrogen and oxygen atoms in total. The molecule has 23 heavy (non-hydrogen) atoms. The predicted octanol–water partition coefficient (Wildman–Crippen LogP) is 3.68. The summed E-state index contributed by atoms with van der Waals surface area (Å²) in [6.45, 7) is 14.5. The van der Waals surface area contributed by atoms with E-state index in [2.05, 4.69) is 26.1 Å². The first-order valence-corrected chi connectivity index (χ1v) is 8.16. The van der Waals surface area contributed by atoms with Crippen LogP contribution in [-0.4, -0.2) is 23.9 Å².